The van der Waals surface area contributed by atoms with E-state index in [1.165, 1.54) is 0 Å². The van der Waals surface area contributed by atoms with Crippen LogP contribution in [0.1, 0.15) is 25.8 Å². The van der Waals surface area contributed by atoms with Crippen LogP contribution in [-0.4, -0.2) is 33.2 Å². The summed E-state index contributed by atoms with van der Waals surface area (Å²) in [6.07, 6.45) is 1.00. The zero-order valence-corrected chi connectivity index (χ0v) is 14.6. The molecule has 0 atom stereocenters. The first-order valence-corrected chi connectivity index (χ1v) is 7.27. The molecule has 0 aliphatic heterocycles. The van der Waals surface area contributed by atoms with E-state index < -0.39 is 0 Å². The quantitative estimate of drug-likeness (QED) is 0.730. The molecule has 0 fully saturated rings. The Hall–Kier alpha value is -1.46. The molecule has 0 aliphatic rings. The van der Waals surface area contributed by atoms with Crippen molar-refractivity contribution < 1.29 is 14.3 Å². The molecule has 0 aliphatic carbocycles. The number of amides is 1. The van der Waals surface area contributed by atoms with Crippen molar-refractivity contribution in [3.63, 3.8) is 0 Å². The number of hydrogen-bond acceptors (Lipinski definition) is 4. The largest absolute Gasteiger partial charge is 0.493 e. The fraction of sp³-hybridized carbons (Fsp3) is 0.562. The number of carbonyl (C=O) groups excluding carboxylic acids is 1. The van der Waals surface area contributed by atoms with Crippen molar-refractivity contribution in [2.24, 2.45) is 5.92 Å². The Morgan fingerprint density at radius 3 is 2.59 bits per heavy atom. The van der Waals surface area contributed by atoms with E-state index in [0.717, 1.165) is 17.7 Å². The number of ether oxygens (including phenoxy) is 2. The number of carbonyl (C=O) groups is 1. The van der Waals surface area contributed by atoms with Crippen molar-refractivity contribution in [2.75, 3.05) is 27.3 Å². The minimum absolute atomic E-state index is 0. The lowest BCUT2D eigenvalue weighted by molar-refractivity contribution is -0.120. The van der Waals surface area contributed by atoms with Gasteiger partial charge in [-0.15, -0.1) is 12.4 Å². The number of hydrogen-bond donors (Lipinski definition) is 2. The molecule has 1 amide bonds. The van der Waals surface area contributed by atoms with Crippen LogP contribution in [0.25, 0.3) is 0 Å². The van der Waals surface area contributed by atoms with Crippen LogP contribution >= 0.6 is 12.4 Å². The molecule has 0 bridgehead atoms. The second-order valence-electron chi connectivity index (χ2n) is 5.32. The van der Waals surface area contributed by atoms with Crippen LogP contribution in [0, 0.1) is 5.92 Å². The molecule has 22 heavy (non-hydrogen) atoms. The molecule has 0 spiro atoms. The highest BCUT2D eigenvalue weighted by atomic mass is 35.5. The Morgan fingerprint density at radius 1 is 1.27 bits per heavy atom. The summed E-state index contributed by atoms with van der Waals surface area (Å²) < 4.78 is 11.1. The van der Waals surface area contributed by atoms with E-state index in [4.69, 9.17) is 9.47 Å². The maximum atomic E-state index is 11.4. The van der Waals surface area contributed by atoms with Crippen molar-refractivity contribution in [3.8, 4) is 11.5 Å². The van der Waals surface area contributed by atoms with Gasteiger partial charge in [0.1, 0.15) is 0 Å². The fourth-order valence-electron chi connectivity index (χ4n) is 1.77. The van der Waals surface area contributed by atoms with Gasteiger partial charge in [-0.25, -0.2) is 0 Å². The lowest BCUT2D eigenvalue weighted by atomic mass is 10.1. The average Bonchev–Trinajstić information content (AvgIpc) is 2.46. The summed E-state index contributed by atoms with van der Waals surface area (Å²) in [5.74, 6) is 2.01. The topological polar surface area (TPSA) is 59.6 Å². The minimum Gasteiger partial charge on any atom is -0.493 e. The minimum atomic E-state index is -0.0336. The normalized spacial score (nSPS) is 10.0. The molecule has 0 unspecified atom stereocenters. The number of methoxy groups -OCH3 is 1. The summed E-state index contributed by atoms with van der Waals surface area (Å²) in [6.45, 7) is 5.79. The van der Waals surface area contributed by atoms with Gasteiger partial charge in [0.05, 0.1) is 20.3 Å². The molecular formula is C16H27ClN2O3. The van der Waals surface area contributed by atoms with E-state index in [9.17, 15) is 4.79 Å². The standard InChI is InChI=1S/C16H26N2O3.ClH/c1-12(2)7-8-21-14-6-5-13(9-15(14)20-4)10-18-16(19)11-17-3;/h5-6,9,12,17H,7-8,10-11H2,1-4H3,(H,18,19);1H. The molecule has 0 radical (unpaired) electrons. The second kappa shape index (κ2) is 11.2. The van der Waals surface area contributed by atoms with Crippen LogP contribution in [-0.2, 0) is 11.3 Å². The van der Waals surface area contributed by atoms with E-state index in [1.807, 2.05) is 18.2 Å². The van der Waals surface area contributed by atoms with Gasteiger partial charge < -0.3 is 20.1 Å². The SMILES string of the molecule is CNCC(=O)NCc1ccc(OCCC(C)C)c(OC)c1.Cl. The van der Waals surface area contributed by atoms with Crippen LogP contribution in [0.15, 0.2) is 18.2 Å². The number of benzene rings is 1. The van der Waals surface area contributed by atoms with Crippen LogP contribution in [0.2, 0.25) is 0 Å². The van der Waals surface area contributed by atoms with Gasteiger partial charge in [-0.3, -0.25) is 4.79 Å². The Labute approximate surface area is 139 Å². The van der Waals surface area contributed by atoms with Gasteiger partial charge in [0.25, 0.3) is 0 Å². The lowest BCUT2D eigenvalue weighted by Gasteiger charge is -2.13. The van der Waals surface area contributed by atoms with Crippen LogP contribution < -0.4 is 20.1 Å². The fourth-order valence-corrected chi connectivity index (χ4v) is 1.77. The molecule has 1 rings (SSSR count). The number of likely N-dealkylation sites (N-methyl/N-ethyl adjacent to an activating group) is 1. The van der Waals surface area contributed by atoms with Crippen LogP contribution in [0.5, 0.6) is 11.5 Å². The van der Waals surface area contributed by atoms with Gasteiger partial charge in [-0.1, -0.05) is 19.9 Å². The first kappa shape index (κ1) is 20.5. The average molecular weight is 331 g/mol. The first-order valence-electron chi connectivity index (χ1n) is 7.27. The van der Waals surface area contributed by atoms with Gasteiger partial charge in [0.2, 0.25) is 5.91 Å². The van der Waals surface area contributed by atoms with E-state index >= 15 is 0 Å². The monoisotopic (exact) mass is 330 g/mol. The maximum absolute atomic E-state index is 11.4. The summed E-state index contributed by atoms with van der Waals surface area (Å²) in [5.41, 5.74) is 0.979. The Balaban J connectivity index is 0.00000441. The molecule has 5 nitrogen and oxygen atoms in total. The molecule has 2 N–H and O–H groups in total. The van der Waals surface area contributed by atoms with Crippen molar-refractivity contribution >= 4 is 18.3 Å². The Morgan fingerprint density at radius 2 is 2.00 bits per heavy atom. The van der Waals surface area contributed by atoms with Crippen LogP contribution in [0.3, 0.4) is 0 Å². The third-order valence-electron chi connectivity index (χ3n) is 3.01. The van der Waals surface area contributed by atoms with Gasteiger partial charge in [-0.2, -0.15) is 0 Å². The van der Waals surface area contributed by atoms with Crippen molar-refractivity contribution in [1.29, 1.82) is 0 Å². The zero-order valence-electron chi connectivity index (χ0n) is 13.8. The molecule has 1 aromatic rings. The van der Waals surface area contributed by atoms with E-state index in [-0.39, 0.29) is 18.3 Å². The van der Waals surface area contributed by atoms with Gasteiger partial charge in [-0.05, 0) is 37.1 Å². The number of halogens is 1. The van der Waals surface area contributed by atoms with Gasteiger partial charge in [0, 0.05) is 6.54 Å². The number of rotatable bonds is 9. The summed E-state index contributed by atoms with van der Waals surface area (Å²) in [6, 6.07) is 5.72. The summed E-state index contributed by atoms with van der Waals surface area (Å²) >= 11 is 0. The van der Waals surface area contributed by atoms with E-state index in [0.29, 0.717) is 31.4 Å². The highest BCUT2D eigenvalue weighted by molar-refractivity contribution is 5.85. The molecule has 0 saturated heterocycles. The maximum Gasteiger partial charge on any atom is 0.234 e. The highest BCUT2D eigenvalue weighted by Gasteiger charge is 2.07. The Bertz CT molecular complexity index is 453. The second-order valence-corrected chi connectivity index (χ2v) is 5.32. The predicted octanol–water partition coefficient (Wildman–Crippen LogP) is 2.38. The molecular weight excluding hydrogens is 304 g/mol. The molecule has 6 heteroatoms. The smallest absolute Gasteiger partial charge is 0.234 e. The molecule has 126 valence electrons. The molecule has 0 heterocycles. The lowest BCUT2D eigenvalue weighted by Crippen LogP contribution is -2.31. The van der Waals surface area contributed by atoms with E-state index in [2.05, 4.69) is 24.5 Å². The zero-order chi connectivity index (χ0) is 15.7. The van der Waals surface area contributed by atoms with E-state index in [1.54, 1.807) is 14.2 Å². The summed E-state index contributed by atoms with van der Waals surface area (Å²) in [4.78, 5) is 11.4. The highest BCUT2D eigenvalue weighted by Crippen LogP contribution is 2.28. The third kappa shape index (κ3) is 7.52. The Kier molecular flexibility index (Phi) is 10.4. The van der Waals surface area contributed by atoms with Crippen molar-refractivity contribution in [1.82, 2.24) is 10.6 Å². The molecule has 0 saturated carbocycles. The molecule has 0 aromatic heterocycles. The summed E-state index contributed by atoms with van der Waals surface area (Å²) in [5, 5.41) is 5.64. The predicted molar refractivity (Wildman–Crippen MR) is 91.0 cm³/mol. The van der Waals surface area contributed by atoms with Gasteiger partial charge >= 0.3 is 0 Å². The van der Waals surface area contributed by atoms with Gasteiger partial charge in [0.15, 0.2) is 11.5 Å². The molecule has 1 aromatic carbocycles. The van der Waals surface area contributed by atoms with Crippen molar-refractivity contribution in [3.05, 3.63) is 23.8 Å². The first-order chi connectivity index (χ1) is 10.1. The van der Waals surface area contributed by atoms with Crippen molar-refractivity contribution in [2.45, 2.75) is 26.8 Å². The summed E-state index contributed by atoms with van der Waals surface area (Å²) in [7, 11) is 3.36. The van der Waals surface area contributed by atoms with Crippen LogP contribution in [0.4, 0.5) is 0 Å². The third-order valence-corrected chi connectivity index (χ3v) is 3.01. The number of nitrogens with one attached hydrogen (secondary N) is 2.